The summed E-state index contributed by atoms with van der Waals surface area (Å²) in [5, 5.41) is 6.49. The van der Waals surface area contributed by atoms with E-state index in [0.717, 1.165) is 6.54 Å². The first-order valence-corrected chi connectivity index (χ1v) is 9.94. The topological polar surface area (TPSA) is 62.8 Å². The zero-order chi connectivity index (χ0) is 19.8. The van der Waals surface area contributed by atoms with Gasteiger partial charge >= 0.3 is 0 Å². The number of ether oxygens (including phenoxy) is 2. The van der Waals surface area contributed by atoms with Crippen LogP contribution < -0.4 is 20.1 Å². The first-order valence-electron chi connectivity index (χ1n) is 9.94. The molecule has 27 heavy (non-hydrogen) atoms. The molecule has 0 aromatic heterocycles. The van der Waals surface area contributed by atoms with Gasteiger partial charge < -0.3 is 20.1 Å². The second kappa shape index (κ2) is 10.5. The Kier molecular flexibility index (Phi) is 8.38. The summed E-state index contributed by atoms with van der Waals surface area (Å²) in [7, 11) is 3.19. The Balaban J connectivity index is 1.84. The molecule has 2 rings (SSSR count). The monoisotopic (exact) mass is 377 g/mol. The number of methoxy groups -OCH3 is 2. The normalized spacial score (nSPS) is 17.0. The number of hydrogen-bond donors (Lipinski definition) is 2. The molecule has 1 heterocycles. The number of likely N-dealkylation sites (tertiary alicyclic amines) is 1. The number of carbonyl (C=O) groups is 1. The van der Waals surface area contributed by atoms with Crippen molar-refractivity contribution >= 4 is 11.6 Å². The number of nitrogens with one attached hydrogen (secondary N) is 2. The maximum atomic E-state index is 12.4. The van der Waals surface area contributed by atoms with E-state index in [9.17, 15) is 4.79 Å². The molecule has 6 nitrogen and oxygen atoms in total. The van der Waals surface area contributed by atoms with Crippen LogP contribution in [0.15, 0.2) is 18.2 Å². The van der Waals surface area contributed by atoms with E-state index in [0.29, 0.717) is 35.6 Å². The van der Waals surface area contributed by atoms with Gasteiger partial charge in [0.2, 0.25) is 5.91 Å². The molecule has 1 amide bonds. The van der Waals surface area contributed by atoms with Crippen molar-refractivity contribution < 1.29 is 14.3 Å². The standard InChI is InChI=1S/C21H35N3O3/c1-15(2)19(24-10-6-7-11-24)14-22-16(3)12-21(25)23-18-9-8-17(26-4)13-20(18)27-5/h8-9,13,15-16,19,22H,6-7,10-12,14H2,1-5H3,(H,23,25). The highest BCUT2D eigenvalue weighted by Crippen LogP contribution is 2.29. The molecule has 1 saturated heterocycles. The molecule has 0 aliphatic carbocycles. The molecule has 1 aromatic rings. The number of benzene rings is 1. The van der Waals surface area contributed by atoms with Crippen molar-refractivity contribution in [1.82, 2.24) is 10.2 Å². The van der Waals surface area contributed by atoms with Gasteiger partial charge in [0.25, 0.3) is 0 Å². The minimum absolute atomic E-state index is 0.0271. The second-order valence-electron chi connectivity index (χ2n) is 7.68. The van der Waals surface area contributed by atoms with Crippen molar-refractivity contribution in [3.8, 4) is 11.5 Å². The van der Waals surface area contributed by atoms with Gasteiger partial charge in [-0.2, -0.15) is 0 Å². The number of amides is 1. The van der Waals surface area contributed by atoms with E-state index in [-0.39, 0.29) is 11.9 Å². The van der Waals surface area contributed by atoms with Gasteiger partial charge in [-0.05, 0) is 50.9 Å². The molecule has 0 saturated carbocycles. The van der Waals surface area contributed by atoms with E-state index < -0.39 is 0 Å². The Morgan fingerprint density at radius 2 is 1.85 bits per heavy atom. The van der Waals surface area contributed by atoms with E-state index in [1.165, 1.54) is 25.9 Å². The van der Waals surface area contributed by atoms with Crippen LogP contribution in [0.25, 0.3) is 0 Å². The van der Waals surface area contributed by atoms with Crippen LogP contribution in [0.3, 0.4) is 0 Å². The lowest BCUT2D eigenvalue weighted by Crippen LogP contribution is -2.46. The molecule has 6 heteroatoms. The molecule has 2 atom stereocenters. The van der Waals surface area contributed by atoms with Crippen LogP contribution in [0.5, 0.6) is 11.5 Å². The number of nitrogens with zero attached hydrogens (tertiary/aromatic N) is 1. The van der Waals surface area contributed by atoms with E-state index in [1.807, 2.05) is 6.07 Å². The van der Waals surface area contributed by atoms with Crippen LogP contribution in [0.4, 0.5) is 5.69 Å². The van der Waals surface area contributed by atoms with Crippen molar-refractivity contribution in [2.45, 2.75) is 52.1 Å². The minimum Gasteiger partial charge on any atom is -0.497 e. The molecule has 1 fully saturated rings. The fraction of sp³-hybridized carbons (Fsp3) is 0.667. The Labute approximate surface area is 163 Å². The van der Waals surface area contributed by atoms with E-state index in [1.54, 1.807) is 26.4 Å². The van der Waals surface area contributed by atoms with Gasteiger partial charge in [-0.1, -0.05) is 13.8 Å². The zero-order valence-electron chi connectivity index (χ0n) is 17.4. The Bertz CT molecular complexity index is 600. The van der Waals surface area contributed by atoms with Crippen LogP contribution in [0, 0.1) is 5.92 Å². The van der Waals surface area contributed by atoms with Gasteiger partial charge in [0.1, 0.15) is 11.5 Å². The van der Waals surface area contributed by atoms with Gasteiger partial charge in [-0.3, -0.25) is 9.69 Å². The SMILES string of the molecule is COc1ccc(NC(=O)CC(C)NCC(C(C)C)N2CCCC2)c(OC)c1. The lowest BCUT2D eigenvalue weighted by Gasteiger charge is -2.32. The van der Waals surface area contributed by atoms with Crippen molar-refractivity contribution in [1.29, 1.82) is 0 Å². The maximum absolute atomic E-state index is 12.4. The lowest BCUT2D eigenvalue weighted by atomic mass is 10.0. The molecule has 0 bridgehead atoms. The Hall–Kier alpha value is -1.79. The summed E-state index contributed by atoms with van der Waals surface area (Å²) >= 11 is 0. The predicted molar refractivity (Wildman–Crippen MR) is 110 cm³/mol. The molecule has 0 radical (unpaired) electrons. The van der Waals surface area contributed by atoms with E-state index in [2.05, 4.69) is 36.3 Å². The number of hydrogen-bond acceptors (Lipinski definition) is 5. The summed E-state index contributed by atoms with van der Waals surface area (Å²) in [4.78, 5) is 15.0. The number of anilines is 1. The summed E-state index contributed by atoms with van der Waals surface area (Å²) in [6.07, 6.45) is 3.01. The quantitative estimate of drug-likeness (QED) is 0.656. The highest BCUT2D eigenvalue weighted by molar-refractivity contribution is 5.92. The third-order valence-electron chi connectivity index (χ3n) is 5.23. The summed E-state index contributed by atoms with van der Waals surface area (Å²) in [6, 6.07) is 6.01. The fourth-order valence-corrected chi connectivity index (χ4v) is 3.63. The molecular weight excluding hydrogens is 342 g/mol. The highest BCUT2D eigenvalue weighted by Gasteiger charge is 2.25. The maximum Gasteiger partial charge on any atom is 0.226 e. The molecule has 2 N–H and O–H groups in total. The smallest absolute Gasteiger partial charge is 0.226 e. The number of carbonyl (C=O) groups excluding carboxylic acids is 1. The lowest BCUT2D eigenvalue weighted by molar-refractivity contribution is -0.116. The average molecular weight is 378 g/mol. The molecule has 1 aliphatic heterocycles. The Morgan fingerprint density at radius 3 is 2.44 bits per heavy atom. The van der Waals surface area contributed by atoms with Crippen LogP contribution in [-0.4, -0.2) is 56.7 Å². The van der Waals surface area contributed by atoms with Gasteiger partial charge in [-0.15, -0.1) is 0 Å². The predicted octanol–water partition coefficient (Wildman–Crippen LogP) is 3.13. The van der Waals surface area contributed by atoms with Crippen molar-refractivity contribution in [2.75, 3.05) is 39.2 Å². The van der Waals surface area contributed by atoms with E-state index >= 15 is 0 Å². The van der Waals surface area contributed by atoms with Gasteiger partial charge in [0.05, 0.1) is 19.9 Å². The molecule has 1 aromatic carbocycles. The van der Waals surface area contributed by atoms with Crippen LogP contribution in [0.2, 0.25) is 0 Å². The summed E-state index contributed by atoms with van der Waals surface area (Å²) in [5.74, 6) is 1.86. The fourth-order valence-electron chi connectivity index (χ4n) is 3.63. The second-order valence-corrected chi connectivity index (χ2v) is 7.68. The summed E-state index contributed by atoms with van der Waals surface area (Å²) < 4.78 is 10.5. The zero-order valence-corrected chi connectivity index (χ0v) is 17.4. The molecular formula is C21H35N3O3. The van der Waals surface area contributed by atoms with Gasteiger partial charge in [0.15, 0.2) is 0 Å². The summed E-state index contributed by atoms with van der Waals surface area (Å²) in [6.45, 7) is 9.91. The first kappa shape index (κ1) is 21.5. The minimum atomic E-state index is -0.0271. The average Bonchev–Trinajstić information content (AvgIpc) is 3.16. The van der Waals surface area contributed by atoms with Crippen LogP contribution >= 0.6 is 0 Å². The molecule has 152 valence electrons. The molecule has 1 aliphatic rings. The van der Waals surface area contributed by atoms with Crippen molar-refractivity contribution in [3.05, 3.63) is 18.2 Å². The number of rotatable bonds is 10. The van der Waals surface area contributed by atoms with Gasteiger partial charge in [0, 0.05) is 31.1 Å². The Morgan fingerprint density at radius 1 is 1.15 bits per heavy atom. The largest absolute Gasteiger partial charge is 0.497 e. The molecule has 0 spiro atoms. The summed E-state index contributed by atoms with van der Waals surface area (Å²) in [5.41, 5.74) is 0.660. The van der Waals surface area contributed by atoms with Crippen molar-refractivity contribution in [3.63, 3.8) is 0 Å². The van der Waals surface area contributed by atoms with Gasteiger partial charge in [-0.25, -0.2) is 0 Å². The highest BCUT2D eigenvalue weighted by atomic mass is 16.5. The third-order valence-corrected chi connectivity index (χ3v) is 5.23. The third kappa shape index (κ3) is 6.40. The van der Waals surface area contributed by atoms with Crippen LogP contribution in [0.1, 0.15) is 40.0 Å². The van der Waals surface area contributed by atoms with Crippen LogP contribution in [-0.2, 0) is 4.79 Å². The van der Waals surface area contributed by atoms with E-state index in [4.69, 9.17) is 9.47 Å². The first-order chi connectivity index (χ1) is 12.9. The molecule has 2 unspecified atom stereocenters. The van der Waals surface area contributed by atoms with Crippen molar-refractivity contribution in [2.24, 2.45) is 5.92 Å².